The minimum atomic E-state index is -0.584. The molecule has 2 aromatic rings. The third-order valence-corrected chi connectivity index (χ3v) is 2.66. The van der Waals surface area contributed by atoms with Crippen molar-refractivity contribution < 1.29 is 9.90 Å². The molecule has 0 bridgehead atoms. The average Bonchev–Trinajstić information content (AvgIpc) is 2.36. The van der Waals surface area contributed by atoms with Gasteiger partial charge in [0, 0.05) is 11.9 Å². The van der Waals surface area contributed by atoms with Crippen LogP contribution in [-0.2, 0) is 0 Å². The highest BCUT2D eigenvalue weighted by atomic mass is 16.3. The fourth-order valence-corrected chi connectivity index (χ4v) is 1.76. The lowest BCUT2D eigenvalue weighted by Gasteiger charge is -2.07. The van der Waals surface area contributed by atoms with Crippen LogP contribution in [0.3, 0.4) is 0 Å². The molecule has 0 fully saturated rings. The van der Waals surface area contributed by atoms with Gasteiger partial charge in [-0.15, -0.1) is 0 Å². The lowest BCUT2D eigenvalue weighted by molar-refractivity contribution is 0.0949. The number of rotatable bonds is 3. The molecule has 0 unspecified atom stereocenters. The molecular formula is C13H14N2O3. The van der Waals surface area contributed by atoms with Gasteiger partial charge in [-0.05, 0) is 18.6 Å². The van der Waals surface area contributed by atoms with E-state index < -0.39 is 11.5 Å². The molecule has 94 valence electrons. The molecule has 1 heterocycles. The van der Waals surface area contributed by atoms with Crippen LogP contribution in [-0.4, -0.2) is 22.5 Å². The van der Waals surface area contributed by atoms with Crippen LogP contribution in [0.2, 0.25) is 0 Å². The molecule has 0 saturated carbocycles. The van der Waals surface area contributed by atoms with Gasteiger partial charge in [-0.2, -0.15) is 0 Å². The van der Waals surface area contributed by atoms with Gasteiger partial charge in [-0.25, -0.2) is 0 Å². The van der Waals surface area contributed by atoms with Crippen molar-refractivity contribution in [2.75, 3.05) is 6.54 Å². The largest absolute Gasteiger partial charge is 0.506 e. The quantitative estimate of drug-likeness (QED) is 0.765. The molecule has 5 heteroatoms. The van der Waals surface area contributed by atoms with Gasteiger partial charge in [0.05, 0.1) is 5.52 Å². The third-order valence-electron chi connectivity index (χ3n) is 2.66. The van der Waals surface area contributed by atoms with Gasteiger partial charge in [0.15, 0.2) is 0 Å². The number of nitrogens with one attached hydrogen (secondary N) is 2. The van der Waals surface area contributed by atoms with Crippen LogP contribution in [0.25, 0.3) is 10.9 Å². The first-order valence-electron chi connectivity index (χ1n) is 5.77. The van der Waals surface area contributed by atoms with Crippen molar-refractivity contribution in [2.24, 2.45) is 0 Å². The van der Waals surface area contributed by atoms with Crippen LogP contribution in [0.5, 0.6) is 5.75 Å². The number of aromatic nitrogens is 1. The summed E-state index contributed by atoms with van der Waals surface area (Å²) >= 11 is 0. The van der Waals surface area contributed by atoms with Crippen LogP contribution < -0.4 is 10.9 Å². The Balaban J connectivity index is 2.57. The van der Waals surface area contributed by atoms with Crippen molar-refractivity contribution in [1.82, 2.24) is 10.3 Å². The fraction of sp³-hybridized carbons (Fsp3) is 0.231. The predicted molar refractivity (Wildman–Crippen MR) is 68.9 cm³/mol. The molecule has 2 rings (SSSR count). The summed E-state index contributed by atoms with van der Waals surface area (Å²) in [5.74, 6) is -0.829. The number of aromatic hydroxyl groups is 1. The Kier molecular flexibility index (Phi) is 3.32. The Morgan fingerprint density at radius 2 is 2.11 bits per heavy atom. The highest BCUT2D eigenvalue weighted by molar-refractivity contribution is 6.01. The Bertz CT molecular complexity index is 646. The summed E-state index contributed by atoms with van der Waals surface area (Å²) in [5.41, 5.74) is -0.311. The van der Waals surface area contributed by atoms with Gasteiger partial charge in [-0.3, -0.25) is 9.59 Å². The highest BCUT2D eigenvalue weighted by Gasteiger charge is 2.18. The van der Waals surface area contributed by atoms with Crippen LogP contribution in [0.15, 0.2) is 29.1 Å². The predicted octanol–water partition coefficient (Wildman–Crippen LogP) is 1.37. The number of carbonyl (C=O) groups excluding carboxylic acids is 1. The van der Waals surface area contributed by atoms with E-state index >= 15 is 0 Å². The van der Waals surface area contributed by atoms with Crippen molar-refractivity contribution in [1.29, 1.82) is 0 Å². The molecule has 1 aromatic carbocycles. The number of fused-ring (bicyclic) bond motifs is 1. The van der Waals surface area contributed by atoms with E-state index in [1.54, 1.807) is 24.3 Å². The monoisotopic (exact) mass is 246 g/mol. The summed E-state index contributed by atoms with van der Waals surface area (Å²) in [4.78, 5) is 26.2. The SMILES string of the molecule is CCCNC(=O)c1c(O)c2ccccc2[nH]c1=O. The summed E-state index contributed by atoms with van der Waals surface area (Å²) in [6, 6.07) is 6.80. The molecule has 3 N–H and O–H groups in total. The van der Waals surface area contributed by atoms with E-state index in [0.717, 1.165) is 6.42 Å². The van der Waals surface area contributed by atoms with E-state index in [0.29, 0.717) is 17.4 Å². The molecule has 0 saturated heterocycles. The van der Waals surface area contributed by atoms with E-state index in [1.165, 1.54) is 0 Å². The van der Waals surface area contributed by atoms with Crippen LogP contribution >= 0.6 is 0 Å². The first-order chi connectivity index (χ1) is 8.65. The van der Waals surface area contributed by atoms with Crippen molar-refractivity contribution in [3.8, 4) is 5.75 Å². The summed E-state index contributed by atoms with van der Waals surface area (Å²) in [5, 5.41) is 13.1. The van der Waals surface area contributed by atoms with Gasteiger partial charge < -0.3 is 15.4 Å². The number of carbonyl (C=O) groups is 1. The molecule has 0 aliphatic rings. The lowest BCUT2D eigenvalue weighted by Crippen LogP contribution is -2.30. The Morgan fingerprint density at radius 3 is 2.83 bits per heavy atom. The maximum atomic E-state index is 11.8. The van der Waals surface area contributed by atoms with Crippen molar-refractivity contribution >= 4 is 16.8 Å². The van der Waals surface area contributed by atoms with E-state index in [1.807, 2.05) is 6.92 Å². The zero-order valence-corrected chi connectivity index (χ0v) is 9.99. The van der Waals surface area contributed by atoms with E-state index in [2.05, 4.69) is 10.3 Å². The highest BCUT2D eigenvalue weighted by Crippen LogP contribution is 2.24. The van der Waals surface area contributed by atoms with Gasteiger partial charge in [0.25, 0.3) is 11.5 Å². The normalized spacial score (nSPS) is 10.5. The Hall–Kier alpha value is -2.30. The average molecular weight is 246 g/mol. The van der Waals surface area contributed by atoms with Gasteiger partial charge in [-0.1, -0.05) is 19.1 Å². The number of hydrogen-bond donors (Lipinski definition) is 3. The number of amides is 1. The minimum Gasteiger partial charge on any atom is -0.506 e. The standard InChI is InChI=1S/C13H14N2O3/c1-2-7-14-12(17)10-11(16)8-5-3-4-6-9(8)15-13(10)18/h3-6H,2,7H2,1H3,(H,14,17)(H2,15,16,18). The molecule has 1 amide bonds. The second kappa shape index (κ2) is 4.91. The number of H-pyrrole nitrogens is 1. The van der Waals surface area contributed by atoms with Crippen molar-refractivity contribution in [3.63, 3.8) is 0 Å². The van der Waals surface area contributed by atoms with Crippen molar-refractivity contribution in [3.05, 3.63) is 40.2 Å². The number of para-hydroxylation sites is 1. The number of hydrogen-bond acceptors (Lipinski definition) is 3. The van der Waals surface area contributed by atoms with E-state index in [9.17, 15) is 14.7 Å². The first-order valence-corrected chi connectivity index (χ1v) is 5.77. The molecule has 0 spiro atoms. The maximum absolute atomic E-state index is 11.8. The molecule has 0 atom stereocenters. The Morgan fingerprint density at radius 1 is 1.39 bits per heavy atom. The van der Waals surface area contributed by atoms with Crippen LogP contribution in [0.4, 0.5) is 0 Å². The minimum absolute atomic E-state index is 0.234. The summed E-state index contributed by atoms with van der Waals surface area (Å²) < 4.78 is 0. The van der Waals surface area contributed by atoms with Crippen LogP contribution in [0.1, 0.15) is 23.7 Å². The zero-order chi connectivity index (χ0) is 13.1. The van der Waals surface area contributed by atoms with E-state index in [4.69, 9.17) is 0 Å². The molecule has 18 heavy (non-hydrogen) atoms. The molecular weight excluding hydrogens is 232 g/mol. The van der Waals surface area contributed by atoms with Gasteiger partial charge >= 0.3 is 0 Å². The fourth-order valence-electron chi connectivity index (χ4n) is 1.76. The zero-order valence-electron chi connectivity index (χ0n) is 9.99. The van der Waals surface area contributed by atoms with Gasteiger partial charge in [0.1, 0.15) is 11.3 Å². The molecule has 0 radical (unpaired) electrons. The summed E-state index contributed by atoms with van der Waals surface area (Å²) in [6.07, 6.45) is 0.762. The lowest BCUT2D eigenvalue weighted by atomic mass is 10.1. The van der Waals surface area contributed by atoms with E-state index in [-0.39, 0.29) is 11.3 Å². The molecule has 0 aliphatic carbocycles. The smallest absolute Gasteiger partial charge is 0.265 e. The molecule has 0 aliphatic heterocycles. The maximum Gasteiger partial charge on any atom is 0.265 e. The Labute approximate surface area is 103 Å². The number of benzene rings is 1. The second-order valence-electron chi connectivity index (χ2n) is 3.98. The van der Waals surface area contributed by atoms with Gasteiger partial charge in [0.2, 0.25) is 0 Å². The molecule has 5 nitrogen and oxygen atoms in total. The second-order valence-corrected chi connectivity index (χ2v) is 3.98. The van der Waals surface area contributed by atoms with Crippen molar-refractivity contribution in [2.45, 2.75) is 13.3 Å². The number of aromatic amines is 1. The van der Waals surface area contributed by atoms with Crippen LogP contribution in [0, 0.1) is 0 Å². The third kappa shape index (κ3) is 2.07. The topological polar surface area (TPSA) is 82.2 Å². The number of pyridine rings is 1. The summed E-state index contributed by atoms with van der Waals surface area (Å²) in [6.45, 7) is 2.37. The first kappa shape index (κ1) is 12.2. The molecule has 1 aromatic heterocycles. The summed E-state index contributed by atoms with van der Waals surface area (Å²) in [7, 11) is 0.